The van der Waals surface area contributed by atoms with Gasteiger partial charge in [-0.05, 0) is 70.9 Å². The first-order valence-electron chi connectivity index (χ1n) is 13.0. The number of imidazole rings is 1. The Morgan fingerprint density at radius 2 is 1.79 bits per heavy atom. The summed E-state index contributed by atoms with van der Waals surface area (Å²) in [6.45, 7) is 9.17. The minimum absolute atomic E-state index is 0.0967. The number of ether oxygens (including phenoxy) is 1. The molecule has 2 N–H and O–H groups in total. The number of hydrogen-bond acceptors (Lipinski definition) is 7. The molecule has 0 saturated carbocycles. The highest BCUT2D eigenvalue weighted by molar-refractivity contribution is 5.88. The second-order valence-electron chi connectivity index (χ2n) is 9.89. The van der Waals surface area contributed by atoms with Crippen LogP contribution in [-0.4, -0.2) is 60.3 Å². The molecule has 0 saturated heterocycles. The summed E-state index contributed by atoms with van der Waals surface area (Å²) in [7, 11) is 2.03. The zero-order valence-electron chi connectivity index (χ0n) is 22.6. The van der Waals surface area contributed by atoms with Crippen LogP contribution in [0.2, 0.25) is 0 Å². The van der Waals surface area contributed by atoms with E-state index in [0.717, 1.165) is 52.1 Å². The number of carbonyl (C=O) groups is 1. The number of aromatic nitrogens is 6. The van der Waals surface area contributed by atoms with Crippen LogP contribution in [0.3, 0.4) is 0 Å². The minimum atomic E-state index is -0.820. The molecular formula is C28H34N8O2. The van der Waals surface area contributed by atoms with Crippen LogP contribution in [0.5, 0.6) is 0 Å². The van der Waals surface area contributed by atoms with Crippen molar-refractivity contribution in [3.63, 3.8) is 0 Å². The van der Waals surface area contributed by atoms with Crippen LogP contribution in [0.15, 0.2) is 42.5 Å². The van der Waals surface area contributed by atoms with Crippen molar-refractivity contribution in [2.45, 2.75) is 46.1 Å². The molecule has 2 aromatic carbocycles. The molecule has 38 heavy (non-hydrogen) atoms. The molecule has 3 aromatic heterocycles. The summed E-state index contributed by atoms with van der Waals surface area (Å²) < 4.78 is 9.64. The maximum absolute atomic E-state index is 12.3. The molecule has 0 aliphatic rings. The predicted octanol–water partition coefficient (Wildman–Crippen LogP) is 4.26. The SMILES string of the molecule is CCOC(C)(C)C(=O)NCCCCNc1nc2cc(-c3nc4ccccc4n3C)ccc2n2c(C)nnc12. The van der Waals surface area contributed by atoms with Crippen LogP contribution in [0.1, 0.15) is 39.4 Å². The molecule has 198 valence electrons. The van der Waals surface area contributed by atoms with Gasteiger partial charge in [-0.25, -0.2) is 9.97 Å². The van der Waals surface area contributed by atoms with E-state index in [9.17, 15) is 4.79 Å². The fourth-order valence-corrected chi connectivity index (χ4v) is 4.74. The number of para-hydroxylation sites is 2. The third-order valence-electron chi connectivity index (χ3n) is 6.76. The number of carbonyl (C=O) groups excluding carboxylic acids is 1. The maximum Gasteiger partial charge on any atom is 0.251 e. The number of benzene rings is 2. The highest BCUT2D eigenvalue weighted by Gasteiger charge is 2.27. The Morgan fingerprint density at radius 3 is 2.58 bits per heavy atom. The first-order chi connectivity index (χ1) is 18.3. The summed E-state index contributed by atoms with van der Waals surface area (Å²) in [5, 5.41) is 15.1. The van der Waals surface area contributed by atoms with Crippen LogP contribution in [0.4, 0.5) is 5.82 Å². The quantitative estimate of drug-likeness (QED) is 0.268. The van der Waals surface area contributed by atoms with E-state index < -0.39 is 5.60 Å². The number of hydrogen-bond donors (Lipinski definition) is 2. The molecule has 10 nitrogen and oxygen atoms in total. The van der Waals surface area contributed by atoms with Gasteiger partial charge in [0.25, 0.3) is 5.91 Å². The van der Waals surface area contributed by atoms with E-state index in [1.807, 2.05) is 43.5 Å². The molecule has 1 amide bonds. The topological polar surface area (TPSA) is 111 Å². The zero-order valence-corrected chi connectivity index (χ0v) is 22.6. The molecule has 5 rings (SSSR count). The van der Waals surface area contributed by atoms with Crippen LogP contribution in [0, 0.1) is 6.92 Å². The molecule has 0 bridgehead atoms. The summed E-state index contributed by atoms with van der Waals surface area (Å²) in [6.07, 6.45) is 1.68. The standard InChI is InChI=1S/C28H34N8O2/c1-6-38-28(3,4)27(37)30-16-10-9-15-29-24-26-34-33-18(2)36(26)23-14-13-19(17-21(23)31-24)25-32-20-11-7-8-12-22(20)35(25)5/h7-8,11-14,17H,6,9-10,15-16H2,1-5H3,(H,29,31)(H,30,37). The van der Waals surface area contributed by atoms with E-state index in [4.69, 9.17) is 14.7 Å². The van der Waals surface area contributed by atoms with Crippen molar-refractivity contribution in [1.29, 1.82) is 0 Å². The van der Waals surface area contributed by atoms with Gasteiger partial charge in [0.2, 0.25) is 5.65 Å². The second-order valence-corrected chi connectivity index (χ2v) is 9.89. The largest absolute Gasteiger partial charge is 0.367 e. The summed E-state index contributed by atoms with van der Waals surface area (Å²) in [4.78, 5) is 22.1. The van der Waals surface area contributed by atoms with Gasteiger partial charge in [-0.15, -0.1) is 10.2 Å². The van der Waals surface area contributed by atoms with E-state index in [1.54, 1.807) is 13.8 Å². The second kappa shape index (κ2) is 10.4. The fraction of sp³-hybridized carbons (Fsp3) is 0.393. The first kappa shape index (κ1) is 25.6. The Bertz CT molecular complexity index is 1620. The van der Waals surface area contributed by atoms with Crippen LogP contribution in [0.25, 0.3) is 39.1 Å². The number of nitrogens with zero attached hydrogens (tertiary/aromatic N) is 6. The molecule has 5 aromatic rings. The lowest BCUT2D eigenvalue weighted by Crippen LogP contribution is -2.44. The van der Waals surface area contributed by atoms with E-state index in [0.29, 0.717) is 31.2 Å². The normalized spacial score (nSPS) is 12.0. The molecular weight excluding hydrogens is 480 g/mol. The smallest absolute Gasteiger partial charge is 0.251 e. The van der Waals surface area contributed by atoms with Gasteiger partial charge in [0.05, 0.1) is 22.1 Å². The molecule has 0 unspecified atom stereocenters. The van der Waals surface area contributed by atoms with E-state index >= 15 is 0 Å². The van der Waals surface area contributed by atoms with Crippen molar-refractivity contribution in [3.8, 4) is 11.4 Å². The highest BCUT2D eigenvalue weighted by atomic mass is 16.5. The van der Waals surface area contributed by atoms with Gasteiger partial charge >= 0.3 is 0 Å². The van der Waals surface area contributed by atoms with Gasteiger partial charge in [-0.3, -0.25) is 9.20 Å². The number of rotatable bonds is 10. The lowest BCUT2D eigenvalue weighted by molar-refractivity contribution is -0.142. The van der Waals surface area contributed by atoms with Crippen LogP contribution < -0.4 is 10.6 Å². The Hall–Kier alpha value is -4.05. The molecule has 10 heteroatoms. The highest BCUT2D eigenvalue weighted by Crippen LogP contribution is 2.28. The third kappa shape index (κ3) is 4.79. The summed E-state index contributed by atoms with van der Waals surface area (Å²) in [6, 6.07) is 14.3. The molecule has 0 radical (unpaired) electrons. The van der Waals surface area contributed by atoms with Crippen molar-refractivity contribution in [3.05, 3.63) is 48.3 Å². The Labute approximate surface area is 221 Å². The Balaban J connectivity index is 1.34. The molecule has 0 aliphatic carbocycles. The maximum atomic E-state index is 12.3. The lowest BCUT2D eigenvalue weighted by Gasteiger charge is -2.23. The van der Waals surface area contributed by atoms with Gasteiger partial charge in [0.1, 0.15) is 17.2 Å². The molecule has 0 spiro atoms. The van der Waals surface area contributed by atoms with Crippen molar-refractivity contribution < 1.29 is 9.53 Å². The number of nitrogens with one attached hydrogen (secondary N) is 2. The number of unbranched alkanes of at least 4 members (excludes halogenated alkanes) is 1. The van der Waals surface area contributed by atoms with Crippen molar-refractivity contribution in [1.82, 2.24) is 34.4 Å². The molecule has 0 fully saturated rings. The van der Waals surface area contributed by atoms with Crippen LogP contribution >= 0.6 is 0 Å². The minimum Gasteiger partial charge on any atom is -0.367 e. The Morgan fingerprint density at radius 1 is 1.00 bits per heavy atom. The summed E-state index contributed by atoms with van der Waals surface area (Å²) >= 11 is 0. The van der Waals surface area contributed by atoms with Gasteiger partial charge in [-0.2, -0.15) is 0 Å². The number of fused-ring (bicyclic) bond motifs is 4. The number of aryl methyl sites for hydroxylation is 2. The molecule has 0 atom stereocenters. The first-order valence-corrected chi connectivity index (χ1v) is 13.0. The summed E-state index contributed by atoms with van der Waals surface area (Å²) in [5.41, 5.74) is 4.68. The predicted molar refractivity (Wildman–Crippen MR) is 149 cm³/mol. The van der Waals surface area contributed by atoms with E-state index in [-0.39, 0.29) is 5.91 Å². The lowest BCUT2D eigenvalue weighted by atomic mass is 10.1. The Kier molecular flexibility index (Phi) is 6.98. The molecule has 3 heterocycles. The number of amides is 1. The average Bonchev–Trinajstić information content (AvgIpc) is 3.46. The van der Waals surface area contributed by atoms with Crippen LogP contribution in [-0.2, 0) is 16.6 Å². The number of anilines is 1. The van der Waals surface area contributed by atoms with Gasteiger partial charge in [0, 0.05) is 32.3 Å². The van der Waals surface area contributed by atoms with Crippen molar-refractivity contribution in [2.75, 3.05) is 25.0 Å². The van der Waals surface area contributed by atoms with E-state index in [1.165, 1.54) is 0 Å². The van der Waals surface area contributed by atoms with Crippen molar-refractivity contribution in [2.24, 2.45) is 7.05 Å². The average molecular weight is 515 g/mol. The van der Waals surface area contributed by atoms with E-state index in [2.05, 4.69) is 49.7 Å². The third-order valence-corrected chi connectivity index (χ3v) is 6.76. The van der Waals surface area contributed by atoms with Gasteiger partial charge in [0.15, 0.2) is 5.82 Å². The summed E-state index contributed by atoms with van der Waals surface area (Å²) in [5.74, 6) is 2.27. The van der Waals surface area contributed by atoms with Gasteiger partial charge in [-0.1, -0.05) is 12.1 Å². The molecule has 0 aliphatic heterocycles. The fourth-order valence-electron chi connectivity index (χ4n) is 4.74. The zero-order chi connectivity index (χ0) is 26.9. The van der Waals surface area contributed by atoms with Crippen molar-refractivity contribution >= 4 is 39.4 Å². The van der Waals surface area contributed by atoms with Gasteiger partial charge < -0.3 is 19.9 Å². The monoisotopic (exact) mass is 514 g/mol.